The highest BCUT2D eigenvalue weighted by Crippen LogP contribution is 2.11. The molecule has 0 aliphatic carbocycles. The first-order valence-corrected chi connectivity index (χ1v) is 6.54. The first kappa shape index (κ1) is 16.1. The Morgan fingerprint density at radius 1 is 1.04 bits per heavy atom. The molecule has 0 bridgehead atoms. The smallest absolute Gasteiger partial charge is 0.269 e. The van der Waals surface area contributed by atoms with Gasteiger partial charge in [0.05, 0.1) is 11.3 Å². The second-order valence-corrected chi connectivity index (χ2v) is 4.57. The van der Waals surface area contributed by atoms with Gasteiger partial charge in [-0.2, -0.15) is 0 Å². The van der Waals surface area contributed by atoms with Crippen LogP contribution >= 0.6 is 0 Å². The lowest BCUT2D eigenvalue weighted by atomic mass is 10.1. The van der Waals surface area contributed by atoms with Crippen molar-refractivity contribution in [3.8, 4) is 0 Å². The van der Waals surface area contributed by atoms with Gasteiger partial charge in [-0.05, 0) is 23.8 Å². The summed E-state index contributed by atoms with van der Waals surface area (Å²) in [4.78, 5) is 33.4. The Balaban J connectivity index is 1.90. The topological polar surface area (TPSA) is 101 Å². The average molecular weight is 317 g/mol. The SMILES string of the molecule is O=C(Cc1ccccc1F)NNC(=O)c1ccc([N+](=O)[O-])cc1. The molecule has 0 fully saturated rings. The maximum Gasteiger partial charge on any atom is 0.269 e. The van der Waals surface area contributed by atoms with E-state index in [-0.39, 0.29) is 23.2 Å². The lowest BCUT2D eigenvalue weighted by Crippen LogP contribution is -2.42. The molecule has 7 nitrogen and oxygen atoms in total. The van der Waals surface area contributed by atoms with E-state index in [1.165, 1.54) is 42.5 Å². The van der Waals surface area contributed by atoms with Crippen molar-refractivity contribution in [2.75, 3.05) is 0 Å². The van der Waals surface area contributed by atoms with E-state index < -0.39 is 22.6 Å². The summed E-state index contributed by atoms with van der Waals surface area (Å²) in [5.41, 5.74) is 4.51. The summed E-state index contributed by atoms with van der Waals surface area (Å²) in [6.07, 6.45) is -0.229. The maximum atomic E-state index is 13.4. The standard InChI is InChI=1S/C15H12FN3O4/c16-13-4-2-1-3-11(13)9-14(20)17-18-15(21)10-5-7-12(8-6-10)19(22)23/h1-8H,9H2,(H,17,20)(H,18,21). The summed E-state index contributed by atoms with van der Waals surface area (Å²) in [5.74, 6) is -1.74. The van der Waals surface area contributed by atoms with E-state index in [0.717, 1.165) is 0 Å². The van der Waals surface area contributed by atoms with Crippen LogP contribution in [-0.4, -0.2) is 16.7 Å². The van der Waals surface area contributed by atoms with E-state index in [9.17, 15) is 24.1 Å². The highest BCUT2D eigenvalue weighted by molar-refractivity contribution is 5.95. The van der Waals surface area contributed by atoms with Gasteiger partial charge < -0.3 is 0 Å². The normalized spacial score (nSPS) is 9.96. The molecule has 2 N–H and O–H groups in total. The fraction of sp³-hybridized carbons (Fsp3) is 0.0667. The number of halogens is 1. The molecular formula is C15H12FN3O4. The van der Waals surface area contributed by atoms with E-state index in [1.807, 2.05) is 0 Å². The number of rotatable bonds is 4. The number of nitrogens with one attached hydrogen (secondary N) is 2. The van der Waals surface area contributed by atoms with Crippen LogP contribution < -0.4 is 10.9 Å². The number of nitro benzene ring substituents is 1. The third-order valence-electron chi connectivity index (χ3n) is 2.96. The highest BCUT2D eigenvalue weighted by atomic mass is 19.1. The van der Waals surface area contributed by atoms with Gasteiger partial charge in [0, 0.05) is 17.7 Å². The Morgan fingerprint density at radius 2 is 1.70 bits per heavy atom. The Hall–Kier alpha value is -3.29. The van der Waals surface area contributed by atoms with Gasteiger partial charge in [0.1, 0.15) is 5.82 Å². The Bertz CT molecular complexity index is 747. The molecule has 2 aromatic rings. The number of amides is 2. The van der Waals surface area contributed by atoms with Gasteiger partial charge in [0.15, 0.2) is 0 Å². The van der Waals surface area contributed by atoms with Crippen LogP contribution in [0.5, 0.6) is 0 Å². The second kappa shape index (κ2) is 7.12. The quantitative estimate of drug-likeness (QED) is 0.662. The molecule has 0 heterocycles. The van der Waals surface area contributed by atoms with Crippen molar-refractivity contribution in [1.82, 2.24) is 10.9 Å². The molecule has 0 spiro atoms. The maximum absolute atomic E-state index is 13.4. The molecule has 2 aromatic carbocycles. The second-order valence-electron chi connectivity index (χ2n) is 4.57. The van der Waals surface area contributed by atoms with E-state index in [2.05, 4.69) is 10.9 Å². The summed E-state index contributed by atoms with van der Waals surface area (Å²) in [5, 5.41) is 10.5. The van der Waals surface area contributed by atoms with Crippen LogP contribution in [0.3, 0.4) is 0 Å². The fourth-order valence-corrected chi connectivity index (χ4v) is 1.79. The largest absolute Gasteiger partial charge is 0.273 e. The first-order valence-electron chi connectivity index (χ1n) is 6.54. The monoisotopic (exact) mass is 317 g/mol. The van der Waals surface area contributed by atoms with Crippen LogP contribution in [0.15, 0.2) is 48.5 Å². The molecule has 0 saturated heterocycles. The molecule has 0 atom stereocenters. The molecule has 0 saturated carbocycles. The van der Waals surface area contributed by atoms with Crippen LogP contribution in [0.2, 0.25) is 0 Å². The first-order chi connectivity index (χ1) is 11.0. The van der Waals surface area contributed by atoms with Crippen molar-refractivity contribution in [3.63, 3.8) is 0 Å². The molecular weight excluding hydrogens is 305 g/mol. The molecule has 2 amide bonds. The number of non-ortho nitro benzene ring substituents is 1. The van der Waals surface area contributed by atoms with Gasteiger partial charge in [-0.3, -0.25) is 30.6 Å². The van der Waals surface area contributed by atoms with E-state index >= 15 is 0 Å². The van der Waals surface area contributed by atoms with Crippen molar-refractivity contribution >= 4 is 17.5 Å². The number of hydrogen-bond donors (Lipinski definition) is 2. The Labute approximate surface area is 130 Å². The van der Waals surface area contributed by atoms with Gasteiger partial charge in [0.2, 0.25) is 5.91 Å². The van der Waals surface area contributed by atoms with Crippen molar-refractivity contribution in [1.29, 1.82) is 0 Å². The zero-order valence-electron chi connectivity index (χ0n) is 11.8. The minimum Gasteiger partial charge on any atom is -0.273 e. The van der Waals surface area contributed by atoms with Crippen LogP contribution in [0.4, 0.5) is 10.1 Å². The van der Waals surface area contributed by atoms with E-state index in [1.54, 1.807) is 6.07 Å². The number of hydrazine groups is 1. The fourth-order valence-electron chi connectivity index (χ4n) is 1.79. The molecule has 8 heteroatoms. The number of carbonyl (C=O) groups excluding carboxylic acids is 2. The molecule has 118 valence electrons. The van der Waals surface area contributed by atoms with Crippen LogP contribution in [0.1, 0.15) is 15.9 Å². The lowest BCUT2D eigenvalue weighted by Gasteiger charge is -2.08. The third-order valence-corrected chi connectivity index (χ3v) is 2.96. The molecule has 0 aliphatic rings. The molecule has 0 unspecified atom stereocenters. The Kier molecular flexibility index (Phi) is 4.98. The van der Waals surface area contributed by atoms with Gasteiger partial charge in [0.25, 0.3) is 11.6 Å². The van der Waals surface area contributed by atoms with Crippen LogP contribution in [0.25, 0.3) is 0 Å². The van der Waals surface area contributed by atoms with Gasteiger partial charge >= 0.3 is 0 Å². The average Bonchev–Trinajstić information content (AvgIpc) is 2.55. The van der Waals surface area contributed by atoms with E-state index in [4.69, 9.17) is 0 Å². The molecule has 2 rings (SSSR count). The Morgan fingerprint density at radius 3 is 2.30 bits per heavy atom. The van der Waals surface area contributed by atoms with Gasteiger partial charge in [-0.1, -0.05) is 18.2 Å². The third kappa shape index (κ3) is 4.34. The van der Waals surface area contributed by atoms with Crippen LogP contribution in [-0.2, 0) is 11.2 Å². The lowest BCUT2D eigenvalue weighted by molar-refractivity contribution is -0.384. The van der Waals surface area contributed by atoms with Crippen molar-refractivity contribution in [3.05, 3.63) is 75.6 Å². The van der Waals surface area contributed by atoms with Gasteiger partial charge in [-0.25, -0.2) is 4.39 Å². The summed E-state index contributed by atoms with van der Waals surface area (Å²) in [7, 11) is 0. The molecule has 23 heavy (non-hydrogen) atoms. The summed E-state index contributed by atoms with van der Waals surface area (Å²) in [6.45, 7) is 0. The molecule has 0 aromatic heterocycles. The van der Waals surface area contributed by atoms with Crippen molar-refractivity contribution in [2.24, 2.45) is 0 Å². The zero-order valence-corrected chi connectivity index (χ0v) is 11.8. The van der Waals surface area contributed by atoms with Gasteiger partial charge in [-0.15, -0.1) is 0 Å². The summed E-state index contributed by atoms with van der Waals surface area (Å²) < 4.78 is 13.4. The highest BCUT2D eigenvalue weighted by Gasteiger charge is 2.11. The number of hydrogen-bond acceptors (Lipinski definition) is 4. The number of carbonyl (C=O) groups is 2. The zero-order chi connectivity index (χ0) is 16.8. The number of nitro groups is 1. The number of nitrogens with zero attached hydrogens (tertiary/aromatic N) is 1. The predicted molar refractivity (Wildman–Crippen MR) is 78.8 cm³/mol. The predicted octanol–water partition coefficient (Wildman–Crippen LogP) is 1.74. The van der Waals surface area contributed by atoms with Crippen molar-refractivity contribution in [2.45, 2.75) is 6.42 Å². The number of benzene rings is 2. The molecule has 0 aliphatic heterocycles. The minimum atomic E-state index is -0.637. The van der Waals surface area contributed by atoms with E-state index in [0.29, 0.717) is 0 Å². The van der Waals surface area contributed by atoms with Crippen LogP contribution in [0, 0.1) is 15.9 Å². The van der Waals surface area contributed by atoms with Crippen molar-refractivity contribution < 1.29 is 18.9 Å². The summed E-state index contributed by atoms with van der Waals surface area (Å²) in [6, 6.07) is 10.7. The summed E-state index contributed by atoms with van der Waals surface area (Å²) >= 11 is 0. The molecule has 0 radical (unpaired) electrons. The minimum absolute atomic E-state index is 0.141.